The lowest BCUT2D eigenvalue weighted by atomic mass is 10.2. The SMILES string of the molecule is Cc1ccc(SC(OC(=O)C(C)C)C(O)C(F)(F)F)cc1. The number of ether oxygens (including phenoxy) is 1. The zero-order valence-electron chi connectivity index (χ0n) is 11.8. The summed E-state index contributed by atoms with van der Waals surface area (Å²) >= 11 is 0.665. The quantitative estimate of drug-likeness (QED) is 0.512. The fourth-order valence-electron chi connectivity index (χ4n) is 1.31. The van der Waals surface area contributed by atoms with Gasteiger partial charge in [-0.15, -0.1) is 0 Å². The summed E-state index contributed by atoms with van der Waals surface area (Å²) in [5.41, 5.74) is -0.783. The number of halogens is 3. The summed E-state index contributed by atoms with van der Waals surface area (Å²) in [5.74, 6) is -1.37. The predicted octanol–water partition coefficient (Wildman–Crippen LogP) is 3.54. The van der Waals surface area contributed by atoms with Crippen LogP contribution < -0.4 is 0 Å². The first kappa shape index (κ1) is 17.8. The van der Waals surface area contributed by atoms with Crippen molar-refractivity contribution in [2.75, 3.05) is 0 Å². The summed E-state index contributed by atoms with van der Waals surface area (Å²) in [7, 11) is 0. The normalized spacial score (nSPS) is 14.9. The molecule has 0 aliphatic heterocycles. The fraction of sp³-hybridized carbons (Fsp3) is 0.500. The van der Waals surface area contributed by atoms with Gasteiger partial charge in [-0.1, -0.05) is 43.3 Å². The Kier molecular flexibility index (Phi) is 6.10. The summed E-state index contributed by atoms with van der Waals surface area (Å²) in [4.78, 5) is 12.0. The van der Waals surface area contributed by atoms with Gasteiger partial charge in [0.05, 0.1) is 5.92 Å². The third-order valence-electron chi connectivity index (χ3n) is 2.57. The van der Waals surface area contributed by atoms with Gasteiger partial charge in [0.1, 0.15) is 0 Å². The number of alkyl halides is 3. The Bertz CT molecular complexity index is 471. The number of aliphatic hydroxyl groups is 1. The second-order valence-electron chi connectivity index (χ2n) is 4.88. The maximum absolute atomic E-state index is 12.7. The van der Waals surface area contributed by atoms with Crippen molar-refractivity contribution >= 4 is 17.7 Å². The standard InChI is InChI=1S/C14H17F3O3S/c1-8(2)12(19)20-13(11(18)14(15,16)17)21-10-6-4-9(3)5-7-10/h4-8,11,13,18H,1-3H3. The molecule has 2 atom stereocenters. The highest BCUT2D eigenvalue weighted by Gasteiger charge is 2.46. The largest absolute Gasteiger partial charge is 0.448 e. The number of carbonyl (C=O) groups excluding carboxylic acids is 1. The highest BCUT2D eigenvalue weighted by molar-refractivity contribution is 7.99. The van der Waals surface area contributed by atoms with Crippen molar-refractivity contribution in [3.63, 3.8) is 0 Å². The number of carbonyl (C=O) groups is 1. The molecular formula is C14H17F3O3S. The van der Waals surface area contributed by atoms with E-state index >= 15 is 0 Å². The monoisotopic (exact) mass is 322 g/mol. The lowest BCUT2D eigenvalue weighted by Gasteiger charge is -2.25. The minimum Gasteiger partial charge on any atom is -0.448 e. The first-order valence-electron chi connectivity index (χ1n) is 6.30. The van der Waals surface area contributed by atoms with Gasteiger partial charge in [0.2, 0.25) is 0 Å². The Morgan fingerprint density at radius 3 is 2.19 bits per heavy atom. The molecule has 7 heteroatoms. The molecule has 2 unspecified atom stereocenters. The van der Waals surface area contributed by atoms with Gasteiger partial charge in [0.25, 0.3) is 0 Å². The molecule has 1 rings (SSSR count). The Balaban J connectivity index is 2.90. The lowest BCUT2D eigenvalue weighted by molar-refractivity contribution is -0.223. The third-order valence-corrected chi connectivity index (χ3v) is 3.70. The van der Waals surface area contributed by atoms with Gasteiger partial charge in [-0.05, 0) is 19.1 Å². The van der Waals surface area contributed by atoms with Crippen LogP contribution in [0.1, 0.15) is 19.4 Å². The number of esters is 1. The zero-order valence-corrected chi connectivity index (χ0v) is 12.7. The van der Waals surface area contributed by atoms with E-state index in [-0.39, 0.29) is 0 Å². The van der Waals surface area contributed by atoms with Crippen molar-refractivity contribution < 1.29 is 27.8 Å². The maximum atomic E-state index is 12.7. The van der Waals surface area contributed by atoms with Crippen molar-refractivity contribution in [3.8, 4) is 0 Å². The molecular weight excluding hydrogens is 305 g/mol. The summed E-state index contributed by atoms with van der Waals surface area (Å²) in [5, 5.41) is 9.37. The van der Waals surface area contributed by atoms with Gasteiger partial charge >= 0.3 is 12.1 Å². The van der Waals surface area contributed by atoms with E-state index in [0.29, 0.717) is 16.7 Å². The topological polar surface area (TPSA) is 46.5 Å². The van der Waals surface area contributed by atoms with Gasteiger partial charge in [-0.3, -0.25) is 4.79 Å². The van der Waals surface area contributed by atoms with Gasteiger partial charge in [-0.25, -0.2) is 0 Å². The van der Waals surface area contributed by atoms with Gasteiger partial charge in [-0.2, -0.15) is 13.2 Å². The van der Waals surface area contributed by atoms with Crippen molar-refractivity contribution in [3.05, 3.63) is 29.8 Å². The Hall–Kier alpha value is -1.21. The molecule has 0 aliphatic rings. The van der Waals surface area contributed by atoms with E-state index in [4.69, 9.17) is 4.74 Å². The van der Waals surface area contributed by atoms with E-state index in [9.17, 15) is 23.1 Å². The highest BCUT2D eigenvalue weighted by atomic mass is 32.2. The molecule has 118 valence electrons. The second-order valence-corrected chi connectivity index (χ2v) is 6.05. The number of thioether (sulfide) groups is 1. The van der Waals surface area contributed by atoms with Crippen LogP contribution in [-0.4, -0.2) is 28.8 Å². The minimum atomic E-state index is -4.86. The summed E-state index contributed by atoms with van der Waals surface area (Å²) in [6.45, 7) is 4.86. The van der Waals surface area contributed by atoms with Crippen LogP contribution in [0, 0.1) is 12.8 Å². The zero-order chi connectivity index (χ0) is 16.2. The van der Waals surface area contributed by atoms with Crippen LogP contribution in [-0.2, 0) is 9.53 Å². The molecule has 0 amide bonds. The van der Waals surface area contributed by atoms with E-state index in [0.717, 1.165) is 5.56 Å². The molecule has 21 heavy (non-hydrogen) atoms. The molecule has 0 saturated heterocycles. The summed E-state index contributed by atoms with van der Waals surface area (Å²) in [6.07, 6.45) is -7.61. The van der Waals surface area contributed by atoms with E-state index < -0.39 is 29.6 Å². The number of benzene rings is 1. The van der Waals surface area contributed by atoms with Gasteiger partial charge in [0, 0.05) is 4.90 Å². The Labute approximate surface area is 125 Å². The molecule has 0 spiro atoms. The summed E-state index contributed by atoms with van der Waals surface area (Å²) < 4.78 is 42.8. The summed E-state index contributed by atoms with van der Waals surface area (Å²) in [6, 6.07) is 6.67. The smallest absolute Gasteiger partial charge is 0.418 e. The highest BCUT2D eigenvalue weighted by Crippen LogP contribution is 2.34. The van der Waals surface area contributed by atoms with E-state index in [1.807, 2.05) is 6.92 Å². The molecule has 1 N–H and O–H groups in total. The third kappa shape index (κ3) is 5.59. The average molecular weight is 322 g/mol. The van der Waals surface area contributed by atoms with Crippen LogP contribution in [0.15, 0.2) is 29.2 Å². The number of rotatable bonds is 5. The van der Waals surface area contributed by atoms with Crippen molar-refractivity contribution in [1.82, 2.24) is 0 Å². The van der Waals surface area contributed by atoms with Crippen LogP contribution >= 0.6 is 11.8 Å². The Morgan fingerprint density at radius 1 is 1.24 bits per heavy atom. The molecule has 0 bridgehead atoms. The number of hydrogen-bond donors (Lipinski definition) is 1. The van der Waals surface area contributed by atoms with E-state index in [1.54, 1.807) is 24.3 Å². The fourth-order valence-corrected chi connectivity index (χ4v) is 2.30. The molecule has 0 saturated carbocycles. The molecule has 0 aliphatic carbocycles. The number of aryl methyl sites for hydroxylation is 1. The second kappa shape index (κ2) is 7.17. The van der Waals surface area contributed by atoms with E-state index in [2.05, 4.69) is 0 Å². The van der Waals surface area contributed by atoms with Crippen LogP contribution in [0.2, 0.25) is 0 Å². The lowest BCUT2D eigenvalue weighted by Crippen LogP contribution is -2.41. The number of aliphatic hydroxyl groups excluding tert-OH is 1. The van der Waals surface area contributed by atoms with Crippen LogP contribution in [0.3, 0.4) is 0 Å². The molecule has 0 heterocycles. The Morgan fingerprint density at radius 2 is 1.76 bits per heavy atom. The molecule has 3 nitrogen and oxygen atoms in total. The first-order chi connectivity index (χ1) is 9.61. The van der Waals surface area contributed by atoms with Gasteiger partial charge in [0.15, 0.2) is 11.5 Å². The predicted molar refractivity (Wildman–Crippen MR) is 73.8 cm³/mol. The maximum Gasteiger partial charge on any atom is 0.418 e. The van der Waals surface area contributed by atoms with Crippen molar-refractivity contribution in [2.45, 2.75) is 43.4 Å². The van der Waals surface area contributed by atoms with Crippen molar-refractivity contribution in [1.29, 1.82) is 0 Å². The molecule has 0 fully saturated rings. The molecule has 0 aromatic heterocycles. The van der Waals surface area contributed by atoms with Crippen LogP contribution in [0.5, 0.6) is 0 Å². The molecule has 0 radical (unpaired) electrons. The average Bonchev–Trinajstić information content (AvgIpc) is 2.38. The minimum absolute atomic E-state index is 0.477. The van der Waals surface area contributed by atoms with E-state index in [1.165, 1.54) is 13.8 Å². The van der Waals surface area contributed by atoms with Crippen LogP contribution in [0.4, 0.5) is 13.2 Å². The first-order valence-corrected chi connectivity index (χ1v) is 7.18. The van der Waals surface area contributed by atoms with Crippen LogP contribution in [0.25, 0.3) is 0 Å². The number of hydrogen-bond acceptors (Lipinski definition) is 4. The van der Waals surface area contributed by atoms with Gasteiger partial charge < -0.3 is 9.84 Å². The molecule has 1 aromatic carbocycles. The van der Waals surface area contributed by atoms with Crippen molar-refractivity contribution in [2.24, 2.45) is 5.92 Å². The molecule has 1 aromatic rings.